The highest BCUT2D eigenvalue weighted by molar-refractivity contribution is 5.79. The molecule has 0 aromatic heterocycles. The molecule has 140 valence electrons. The Kier molecular flexibility index (Phi) is 7.72. The Morgan fingerprint density at radius 1 is 1.16 bits per heavy atom. The SMILES string of the molecule is CN=C(NCCNC(C)(C)C)NCC1CCCN1Cc1ccccc1. The largest absolute Gasteiger partial charge is 0.355 e. The van der Waals surface area contributed by atoms with Crippen molar-refractivity contribution in [2.24, 2.45) is 4.99 Å². The van der Waals surface area contributed by atoms with E-state index in [9.17, 15) is 0 Å². The zero-order valence-corrected chi connectivity index (χ0v) is 16.3. The molecule has 0 saturated carbocycles. The van der Waals surface area contributed by atoms with Crippen LogP contribution in [0, 0.1) is 0 Å². The van der Waals surface area contributed by atoms with Crippen molar-refractivity contribution in [2.75, 3.05) is 33.2 Å². The molecule has 0 spiro atoms. The van der Waals surface area contributed by atoms with Crippen LogP contribution in [0.15, 0.2) is 35.3 Å². The third kappa shape index (κ3) is 7.45. The van der Waals surface area contributed by atoms with Crippen molar-refractivity contribution >= 4 is 5.96 Å². The maximum atomic E-state index is 4.34. The molecule has 2 rings (SSSR count). The number of rotatable bonds is 7. The van der Waals surface area contributed by atoms with Gasteiger partial charge in [0.15, 0.2) is 5.96 Å². The van der Waals surface area contributed by atoms with Gasteiger partial charge in [-0.15, -0.1) is 0 Å². The van der Waals surface area contributed by atoms with Crippen LogP contribution in [0.2, 0.25) is 0 Å². The number of aliphatic imine (C=N–C) groups is 1. The van der Waals surface area contributed by atoms with Gasteiger partial charge in [0.2, 0.25) is 0 Å². The van der Waals surface area contributed by atoms with Crippen LogP contribution in [-0.2, 0) is 6.54 Å². The van der Waals surface area contributed by atoms with E-state index in [-0.39, 0.29) is 5.54 Å². The molecule has 1 heterocycles. The number of likely N-dealkylation sites (tertiary alicyclic amines) is 1. The molecule has 0 radical (unpaired) electrons. The van der Waals surface area contributed by atoms with E-state index < -0.39 is 0 Å². The molecule has 3 N–H and O–H groups in total. The van der Waals surface area contributed by atoms with Gasteiger partial charge in [0.25, 0.3) is 0 Å². The lowest BCUT2D eigenvalue weighted by Gasteiger charge is -2.26. The fourth-order valence-corrected chi connectivity index (χ4v) is 3.21. The summed E-state index contributed by atoms with van der Waals surface area (Å²) in [5.41, 5.74) is 1.55. The van der Waals surface area contributed by atoms with Crippen molar-refractivity contribution < 1.29 is 0 Å². The summed E-state index contributed by atoms with van der Waals surface area (Å²) in [6, 6.07) is 11.3. The van der Waals surface area contributed by atoms with E-state index in [1.54, 1.807) is 0 Å². The van der Waals surface area contributed by atoms with Gasteiger partial charge >= 0.3 is 0 Å². The predicted octanol–water partition coefficient (Wildman–Crippen LogP) is 2.20. The van der Waals surface area contributed by atoms with Crippen molar-refractivity contribution in [1.29, 1.82) is 0 Å². The molecule has 1 aliphatic heterocycles. The van der Waals surface area contributed by atoms with Crippen molar-refractivity contribution in [3.05, 3.63) is 35.9 Å². The van der Waals surface area contributed by atoms with E-state index in [1.165, 1.54) is 24.9 Å². The molecule has 0 bridgehead atoms. The molecular weight excluding hydrogens is 310 g/mol. The fraction of sp³-hybridized carbons (Fsp3) is 0.650. The van der Waals surface area contributed by atoms with Crippen molar-refractivity contribution in [1.82, 2.24) is 20.9 Å². The smallest absolute Gasteiger partial charge is 0.191 e. The van der Waals surface area contributed by atoms with Crippen LogP contribution in [0.4, 0.5) is 0 Å². The third-order valence-corrected chi connectivity index (χ3v) is 4.53. The Bertz CT molecular complexity index is 521. The summed E-state index contributed by atoms with van der Waals surface area (Å²) in [5.74, 6) is 0.891. The van der Waals surface area contributed by atoms with Crippen LogP contribution < -0.4 is 16.0 Å². The maximum absolute atomic E-state index is 4.34. The Morgan fingerprint density at radius 3 is 2.60 bits per heavy atom. The second kappa shape index (κ2) is 9.78. The topological polar surface area (TPSA) is 51.7 Å². The number of benzene rings is 1. The number of guanidine groups is 1. The molecule has 1 aromatic rings. The molecular formula is C20H35N5. The molecule has 1 fully saturated rings. The minimum atomic E-state index is 0.153. The lowest BCUT2D eigenvalue weighted by molar-refractivity contribution is 0.245. The number of hydrogen-bond donors (Lipinski definition) is 3. The third-order valence-electron chi connectivity index (χ3n) is 4.53. The summed E-state index contributed by atoms with van der Waals surface area (Å²) in [6.07, 6.45) is 2.53. The molecule has 1 aliphatic rings. The molecule has 1 saturated heterocycles. The van der Waals surface area contributed by atoms with Crippen LogP contribution in [0.1, 0.15) is 39.2 Å². The van der Waals surface area contributed by atoms with Crippen LogP contribution in [0.3, 0.4) is 0 Å². The number of hydrogen-bond acceptors (Lipinski definition) is 3. The van der Waals surface area contributed by atoms with Gasteiger partial charge in [-0.2, -0.15) is 0 Å². The van der Waals surface area contributed by atoms with Gasteiger partial charge in [-0.1, -0.05) is 30.3 Å². The number of nitrogens with one attached hydrogen (secondary N) is 3. The van der Waals surface area contributed by atoms with E-state index >= 15 is 0 Å². The van der Waals surface area contributed by atoms with Gasteiger partial charge in [-0.05, 0) is 45.7 Å². The van der Waals surface area contributed by atoms with E-state index in [4.69, 9.17) is 0 Å². The Labute approximate surface area is 153 Å². The summed E-state index contributed by atoms with van der Waals surface area (Å²) in [5, 5.41) is 10.4. The second-order valence-corrected chi connectivity index (χ2v) is 7.81. The van der Waals surface area contributed by atoms with Crippen molar-refractivity contribution in [3.63, 3.8) is 0 Å². The standard InChI is InChI=1S/C20H35N5/c1-20(2,3)24-13-12-22-19(21-4)23-15-18-11-8-14-25(18)16-17-9-6-5-7-10-17/h5-7,9-10,18,24H,8,11-16H2,1-4H3,(H2,21,22,23). The predicted molar refractivity (Wildman–Crippen MR) is 107 cm³/mol. The zero-order chi connectivity index (χ0) is 18.1. The maximum Gasteiger partial charge on any atom is 0.191 e. The normalized spacial score (nSPS) is 19.2. The monoisotopic (exact) mass is 345 g/mol. The van der Waals surface area contributed by atoms with Gasteiger partial charge in [0, 0.05) is 44.8 Å². The van der Waals surface area contributed by atoms with Crippen molar-refractivity contribution in [2.45, 2.75) is 51.7 Å². The Balaban J connectivity index is 1.72. The molecule has 1 atom stereocenters. The molecule has 1 aromatic carbocycles. The summed E-state index contributed by atoms with van der Waals surface area (Å²) < 4.78 is 0. The van der Waals surface area contributed by atoms with Gasteiger partial charge in [0.05, 0.1) is 0 Å². The minimum Gasteiger partial charge on any atom is -0.355 e. The van der Waals surface area contributed by atoms with Gasteiger partial charge in [-0.25, -0.2) is 0 Å². The van der Waals surface area contributed by atoms with Crippen LogP contribution in [-0.4, -0.2) is 55.7 Å². The Morgan fingerprint density at radius 2 is 1.92 bits per heavy atom. The summed E-state index contributed by atoms with van der Waals surface area (Å²) in [6.45, 7) is 11.5. The van der Waals surface area contributed by atoms with E-state index in [0.29, 0.717) is 6.04 Å². The fourth-order valence-electron chi connectivity index (χ4n) is 3.21. The van der Waals surface area contributed by atoms with Gasteiger partial charge in [0.1, 0.15) is 0 Å². The van der Waals surface area contributed by atoms with Gasteiger partial charge in [-0.3, -0.25) is 9.89 Å². The lowest BCUT2D eigenvalue weighted by atomic mass is 10.1. The molecule has 0 amide bonds. The minimum absolute atomic E-state index is 0.153. The summed E-state index contributed by atoms with van der Waals surface area (Å²) in [4.78, 5) is 6.92. The van der Waals surface area contributed by atoms with E-state index in [1.807, 2.05) is 7.05 Å². The first-order valence-electron chi connectivity index (χ1n) is 9.45. The zero-order valence-electron chi connectivity index (χ0n) is 16.3. The Hall–Kier alpha value is -1.59. The average Bonchev–Trinajstić information content (AvgIpc) is 3.01. The molecule has 5 heteroatoms. The quantitative estimate of drug-likeness (QED) is 0.403. The highest BCUT2D eigenvalue weighted by Crippen LogP contribution is 2.19. The number of nitrogens with zero attached hydrogens (tertiary/aromatic N) is 2. The first kappa shape index (κ1) is 19.7. The van der Waals surface area contributed by atoms with E-state index in [2.05, 4.69) is 76.9 Å². The second-order valence-electron chi connectivity index (χ2n) is 7.81. The van der Waals surface area contributed by atoms with Crippen LogP contribution in [0.5, 0.6) is 0 Å². The molecule has 25 heavy (non-hydrogen) atoms. The average molecular weight is 346 g/mol. The molecule has 5 nitrogen and oxygen atoms in total. The van der Waals surface area contributed by atoms with E-state index in [0.717, 1.165) is 32.1 Å². The van der Waals surface area contributed by atoms with Crippen LogP contribution in [0.25, 0.3) is 0 Å². The van der Waals surface area contributed by atoms with Crippen LogP contribution >= 0.6 is 0 Å². The summed E-state index contributed by atoms with van der Waals surface area (Å²) >= 11 is 0. The lowest BCUT2D eigenvalue weighted by Crippen LogP contribution is -2.47. The first-order valence-corrected chi connectivity index (χ1v) is 9.45. The molecule has 1 unspecified atom stereocenters. The highest BCUT2D eigenvalue weighted by Gasteiger charge is 2.24. The highest BCUT2D eigenvalue weighted by atomic mass is 15.2. The van der Waals surface area contributed by atoms with Crippen molar-refractivity contribution in [3.8, 4) is 0 Å². The summed E-state index contributed by atoms with van der Waals surface area (Å²) in [7, 11) is 1.84. The molecule has 0 aliphatic carbocycles. The van der Waals surface area contributed by atoms with Gasteiger partial charge < -0.3 is 16.0 Å². The first-order chi connectivity index (χ1) is 12.0.